The molecule has 0 saturated carbocycles. The van der Waals surface area contributed by atoms with Crippen LogP contribution >= 0.6 is 0 Å². The van der Waals surface area contributed by atoms with E-state index in [4.69, 9.17) is 5.84 Å². The third-order valence-electron chi connectivity index (χ3n) is 3.25. The van der Waals surface area contributed by atoms with Gasteiger partial charge in [-0.2, -0.15) is 0 Å². The van der Waals surface area contributed by atoms with Crippen LogP contribution in [0.5, 0.6) is 0 Å². The van der Waals surface area contributed by atoms with E-state index in [2.05, 4.69) is 15.4 Å². The molecule has 3 rings (SSSR count). The molecule has 0 aliphatic heterocycles. The maximum atomic E-state index is 14.2. The number of hydrazine groups is 1. The number of halogens is 2. The largest absolute Gasteiger partial charge is 0.308 e. The van der Waals surface area contributed by atoms with E-state index in [9.17, 15) is 8.78 Å². The first-order valence-corrected chi connectivity index (χ1v) is 6.30. The number of benzene rings is 2. The molecule has 2 aromatic carbocycles. The van der Waals surface area contributed by atoms with E-state index in [0.717, 1.165) is 0 Å². The second kappa shape index (κ2) is 5.06. The van der Waals surface area contributed by atoms with Crippen LogP contribution in [0, 0.1) is 18.6 Å². The van der Waals surface area contributed by atoms with Gasteiger partial charge in [-0.1, -0.05) is 18.2 Å². The average Bonchev–Trinajstić information content (AvgIpc) is 2.50. The van der Waals surface area contributed by atoms with Gasteiger partial charge in [0, 0.05) is 5.39 Å². The summed E-state index contributed by atoms with van der Waals surface area (Å²) in [6, 6.07) is 9.66. The Morgan fingerprint density at radius 2 is 1.81 bits per heavy atom. The summed E-state index contributed by atoms with van der Waals surface area (Å²) in [7, 11) is 0. The number of anilines is 1. The summed E-state index contributed by atoms with van der Waals surface area (Å²) in [5.41, 5.74) is 3.06. The lowest BCUT2D eigenvalue weighted by molar-refractivity contribution is 0.582. The molecule has 0 aliphatic carbocycles. The quantitative estimate of drug-likeness (QED) is 0.561. The Kier molecular flexibility index (Phi) is 3.23. The van der Waals surface area contributed by atoms with Gasteiger partial charge in [-0.3, -0.25) is 0 Å². The van der Waals surface area contributed by atoms with E-state index in [0.29, 0.717) is 22.3 Å². The van der Waals surface area contributed by atoms with Crippen molar-refractivity contribution in [2.24, 2.45) is 5.84 Å². The van der Waals surface area contributed by atoms with Gasteiger partial charge in [-0.15, -0.1) is 0 Å². The Morgan fingerprint density at radius 1 is 1.05 bits per heavy atom. The van der Waals surface area contributed by atoms with Crippen molar-refractivity contribution in [3.05, 3.63) is 53.6 Å². The first-order chi connectivity index (χ1) is 10.1. The van der Waals surface area contributed by atoms with Crippen molar-refractivity contribution in [2.45, 2.75) is 6.92 Å². The molecule has 6 heteroatoms. The van der Waals surface area contributed by atoms with Crippen LogP contribution in [0.3, 0.4) is 0 Å². The zero-order valence-electron chi connectivity index (χ0n) is 11.2. The smallest absolute Gasteiger partial charge is 0.168 e. The van der Waals surface area contributed by atoms with E-state index in [1.165, 1.54) is 12.1 Å². The molecule has 0 saturated heterocycles. The van der Waals surface area contributed by atoms with Gasteiger partial charge in [0.25, 0.3) is 0 Å². The SMILES string of the molecule is Cc1ccc(F)c(-c2nc(NN)c3ccccc3n2)c1F. The predicted molar refractivity (Wildman–Crippen MR) is 77.4 cm³/mol. The lowest BCUT2D eigenvalue weighted by atomic mass is 10.1. The number of aryl methyl sites for hydroxylation is 1. The molecule has 0 unspecified atom stereocenters. The summed E-state index contributed by atoms with van der Waals surface area (Å²) in [5, 5.41) is 0.678. The molecule has 3 aromatic rings. The summed E-state index contributed by atoms with van der Waals surface area (Å²) >= 11 is 0. The van der Waals surface area contributed by atoms with Gasteiger partial charge in [0.15, 0.2) is 11.6 Å². The Bertz CT molecular complexity index is 833. The van der Waals surface area contributed by atoms with Gasteiger partial charge >= 0.3 is 0 Å². The molecule has 0 amide bonds. The van der Waals surface area contributed by atoms with E-state index in [1.807, 2.05) is 0 Å². The molecule has 3 N–H and O–H groups in total. The van der Waals surface area contributed by atoms with Crippen LogP contribution in [-0.2, 0) is 0 Å². The van der Waals surface area contributed by atoms with E-state index in [-0.39, 0.29) is 11.4 Å². The third-order valence-corrected chi connectivity index (χ3v) is 3.25. The molecule has 1 heterocycles. The van der Waals surface area contributed by atoms with Crippen molar-refractivity contribution in [1.82, 2.24) is 9.97 Å². The highest BCUT2D eigenvalue weighted by Crippen LogP contribution is 2.29. The number of hydrogen-bond acceptors (Lipinski definition) is 4. The average molecular weight is 286 g/mol. The maximum absolute atomic E-state index is 14.2. The summed E-state index contributed by atoms with van der Waals surface area (Å²) in [5.74, 6) is 4.33. The lowest BCUT2D eigenvalue weighted by Gasteiger charge is -2.10. The maximum Gasteiger partial charge on any atom is 0.168 e. The Morgan fingerprint density at radius 3 is 2.57 bits per heavy atom. The van der Waals surface area contributed by atoms with Crippen LogP contribution < -0.4 is 11.3 Å². The van der Waals surface area contributed by atoms with Crippen LogP contribution in [0.15, 0.2) is 36.4 Å². The summed E-state index contributed by atoms with van der Waals surface area (Å²) in [6.07, 6.45) is 0. The van der Waals surface area contributed by atoms with Crippen LogP contribution in [0.1, 0.15) is 5.56 Å². The summed E-state index contributed by atoms with van der Waals surface area (Å²) in [4.78, 5) is 8.36. The number of nitrogen functional groups attached to an aromatic ring is 1. The van der Waals surface area contributed by atoms with Crippen LogP contribution in [0.25, 0.3) is 22.3 Å². The minimum absolute atomic E-state index is 0.0413. The highest BCUT2D eigenvalue weighted by molar-refractivity contribution is 5.90. The number of para-hydroxylation sites is 1. The Hall–Kier alpha value is -2.60. The van der Waals surface area contributed by atoms with Crippen molar-refractivity contribution < 1.29 is 8.78 Å². The molecule has 21 heavy (non-hydrogen) atoms. The number of aromatic nitrogens is 2. The number of nitrogens with one attached hydrogen (secondary N) is 1. The molecule has 0 bridgehead atoms. The Balaban J connectivity index is 2.34. The normalized spacial score (nSPS) is 10.9. The second-order valence-electron chi connectivity index (χ2n) is 4.61. The van der Waals surface area contributed by atoms with Crippen molar-refractivity contribution in [2.75, 3.05) is 5.43 Å². The zero-order valence-corrected chi connectivity index (χ0v) is 11.2. The Labute approximate surface area is 119 Å². The number of hydrogen-bond donors (Lipinski definition) is 2. The molecule has 0 atom stereocenters. The molecule has 0 spiro atoms. The van der Waals surface area contributed by atoms with Crippen molar-refractivity contribution in [3.8, 4) is 11.4 Å². The van der Waals surface area contributed by atoms with Gasteiger partial charge in [-0.05, 0) is 30.7 Å². The lowest BCUT2D eigenvalue weighted by Crippen LogP contribution is -2.11. The standard InChI is InChI=1S/C15H12F2N4/c1-8-6-7-10(16)12(13(8)17)15-19-11-5-3-2-4-9(11)14(20-15)21-18/h2-7H,18H2,1H3,(H,19,20,21). The van der Waals surface area contributed by atoms with E-state index < -0.39 is 11.6 Å². The first-order valence-electron chi connectivity index (χ1n) is 6.30. The molecular weight excluding hydrogens is 274 g/mol. The number of fused-ring (bicyclic) bond motifs is 1. The van der Waals surface area contributed by atoms with Gasteiger partial charge in [0.05, 0.1) is 11.1 Å². The van der Waals surface area contributed by atoms with Gasteiger partial charge in [-0.25, -0.2) is 24.6 Å². The summed E-state index contributed by atoms with van der Waals surface area (Å²) in [6.45, 7) is 1.56. The van der Waals surface area contributed by atoms with Crippen molar-refractivity contribution in [3.63, 3.8) is 0 Å². The minimum atomic E-state index is -0.712. The molecule has 0 radical (unpaired) electrons. The van der Waals surface area contributed by atoms with Crippen molar-refractivity contribution >= 4 is 16.7 Å². The van der Waals surface area contributed by atoms with Crippen LogP contribution in [-0.4, -0.2) is 9.97 Å². The molecular formula is C15H12F2N4. The predicted octanol–water partition coefficient (Wildman–Crippen LogP) is 3.17. The van der Waals surface area contributed by atoms with Gasteiger partial charge in [0.2, 0.25) is 0 Å². The molecule has 4 nitrogen and oxygen atoms in total. The molecule has 0 aliphatic rings. The molecule has 106 valence electrons. The first kappa shape index (κ1) is 13.4. The fourth-order valence-corrected chi connectivity index (χ4v) is 2.16. The van der Waals surface area contributed by atoms with Gasteiger partial charge < -0.3 is 5.43 Å². The zero-order chi connectivity index (χ0) is 15.0. The third kappa shape index (κ3) is 2.19. The summed E-state index contributed by atoms with van der Waals surface area (Å²) < 4.78 is 28.2. The monoisotopic (exact) mass is 286 g/mol. The topological polar surface area (TPSA) is 63.8 Å². The highest BCUT2D eigenvalue weighted by atomic mass is 19.1. The number of rotatable bonds is 2. The second-order valence-corrected chi connectivity index (χ2v) is 4.61. The fourth-order valence-electron chi connectivity index (χ4n) is 2.16. The van der Waals surface area contributed by atoms with Crippen LogP contribution in [0.2, 0.25) is 0 Å². The molecule has 0 fully saturated rings. The van der Waals surface area contributed by atoms with Crippen LogP contribution in [0.4, 0.5) is 14.6 Å². The van der Waals surface area contributed by atoms with Crippen molar-refractivity contribution in [1.29, 1.82) is 0 Å². The van der Waals surface area contributed by atoms with E-state index in [1.54, 1.807) is 31.2 Å². The number of nitrogens with zero attached hydrogens (tertiary/aromatic N) is 2. The van der Waals surface area contributed by atoms with Gasteiger partial charge in [0.1, 0.15) is 11.6 Å². The minimum Gasteiger partial charge on any atom is -0.308 e. The fraction of sp³-hybridized carbons (Fsp3) is 0.0667. The molecule has 1 aromatic heterocycles. The highest BCUT2D eigenvalue weighted by Gasteiger charge is 2.18. The number of nitrogens with two attached hydrogens (primary N) is 1. The van der Waals surface area contributed by atoms with E-state index >= 15 is 0 Å².